The molecule has 0 bridgehead atoms. The van der Waals surface area contributed by atoms with Crippen LogP contribution in [-0.2, 0) is 23.8 Å². The number of nitrogens with one attached hydrogen (secondary N) is 3. The molecule has 0 unspecified atom stereocenters. The largest absolute Gasteiger partial charge is 0.465 e. The van der Waals surface area contributed by atoms with E-state index >= 15 is 0 Å². The lowest BCUT2D eigenvalue weighted by atomic mass is 10.1. The van der Waals surface area contributed by atoms with Crippen molar-refractivity contribution in [3.8, 4) is 0 Å². The van der Waals surface area contributed by atoms with Crippen LogP contribution < -0.4 is 16.0 Å². The molecule has 14 nitrogen and oxygen atoms in total. The van der Waals surface area contributed by atoms with Gasteiger partial charge in [-0.25, -0.2) is 19.2 Å². The van der Waals surface area contributed by atoms with Gasteiger partial charge in [-0.3, -0.25) is 4.79 Å². The number of azide groups is 1. The number of benzene rings is 1. The molecule has 202 valence electrons. The molecule has 0 saturated carbocycles. The minimum absolute atomic E-state index is 0.00639. The molecule has 0 aliphatic carbocycles. The first-order chi connectivity index (χ1) is 17.4. The van der Waals surface area contributed by atoms with Crippen LogP contribution in [0, 0.1) is 0 Å². The second-order valence-electron chi connectivity index (χ2n) is 8.70. The molecule has 1 aromatic rings. The summed E-state index contributed by atoms with van der Waals surface area (Å²) < 4.78 is 14.8. The summed E-state index contributed by atoms with van der Waals surface area (Å²) in [6.45, 7) is 5.03. The van der Waals surface area contributed by atoms with Gasteiger partial charge in [0.05, 0.1) is 25.3 Å². The number of amides is 3. The Balaban J connectivity index is 2.91. The van der Waals surface area contributed by atoms with Gasteiger partial charge in [0.15, 0.2) is 0 Å². The summed E-state index contributed by atoms with van der Waals surface area (Å²) in [6.07, 6.45) is 1.12. The smallest absolute Gasteiger partial charge is 0.337 e. The Morgan fingerprint density at radius 1 is 1.00 bits per heavy atom. The molecule has 0 aliphatic heterocycles. The third kappa shape index (κ3) is 11.8. The lowest BCUT2D eigenvalue weighted by molar-refractivity contribution is -0.157. The molecule has 3 N–H and O–H groups in total. The summed E-state index contributed by atoms with van der Waals surface area (Å²) in [7, 11) is 2.34. The molecule has 3 amide bonds. The van der Waals surface area contributed by atoms with Gasteiger partial charge in [-0.1, -0.05) is 5.11 Å². The molecule has 1 rings (SSSR count). The van der Waals surface area contributed by atoms with Gasteiger partial charge < -0.3 is 30.2 Å². The van der Waals surface area contributed by atoms with Crippen LogP contribution in [-0.4, -0.2) is 68.8 Å². The predicted molar refractivity (Wildman–Crippen MR) is 132 cm³/mol. The maximum absolute atomic E-state index is 12.7. The van der Waals surface area contributed by atoms with Crippen LogP contribution in [0.25, 0.3) is 10.4 Å². The van der Waals surface area contributed by atoms with Crippen LogP contribution in [0.5, 0.6) is 0 Å². The molecule has 0 fully saturated rings. The van der Waals surface area contributed by atoms with Crippen molar-refractivity contribution in [2.24, 2.45) is 5.11 Å². The molecule has 37 heavy (non-hydrogen) atoms. The highest BCUT2D eigenvalue weighted by Gasteiger charge is 2.26. The number of urea groups is 1. The zero-order valence-electron chi connectivity index (χ0n) is 21.5. The summed E-state index contributed by atoms with van der Waals surface area (Å²) >= 11 is 0. The quantitative estimate of drug-likeness (QED) is 0.0932. The van der Waals surface area contributed by atoms with Crippen molar-refractivity contribution in [3.05, 3.63) is 39.8 Å². The molecular formula is C23H32N6O8. The highest BCUT2D eigenvalue weighted by Crippen LogP contribution is 2.18. The molecule has 0 aromatic heterocycles. The van der Waals surface area contributed by atoms with Crippen molar-refractivity contribution in [2.45, 2.75) is 51.7 Å². The van der Waals surface area contributed by atoms with Crippen LogP contribution in [0.15, 0.2) is 23.3 Å². The number of esters is 3. The lowest BCUT2D eigenvalue weighted by Crippen LogP contribution is -2.45. The van der Waals surface area contributed by atoms with E-state index in [1.54, 1.807) is 20.8 Å². The van der Waals surface area contributed by atoms with Crippen LogP contribution >= 0.6 is 0 Å². The van der Waals surface area contributed by atoms with Gasteiger partial charge in [-0.05, 0) is 63.8 Å². The Bertz CT molecular complexity index is 1010. The number of ether oxygens (including phenoxy) is 3. The SMILES string of the molecule is COC(=O)c1cc(NC(=O)N[C@@H](CCCCNC(=O)CN=[N+]=[N-])C(=O)OC(C)(C)C)cc(C(=O)OC)c1. The Morgan fingerprint density at radius 2 is 1.59 bits per heavy atom. The van der Waals surface area contributed by atoms with Crippen LogP contribution in [0.1, 0.15) is 60.7 Å². The molecule has 0 radical (unpaired) electrons. The first-order valence-electron chi connectivity index (χ1n) is 11.3. The Hall–Kier alpha value is -4.32. The van der Waals surface area contributed by atoms with E-state index in [0.717, 1.165) is 0 Å². The van der Waals surface area contributed by atoms with Gasteiger partial charge in [0.2, 0.25) is 5.91 Å². The average molecular weight is 521 g/mol. The lowest BCUT2D eigenvalue weighted by Gasteiger charge is -2.24. The van der Waals surface area contributed by atoms with E-state index in [1.165, 1.54) is 32.4 Å². The summed E-state index contributed by atoms with van der Waals surface area (Å²) in [6, 6.07) is 2.06. The summed E-state index contributed by atoms with van der Waals surface area (Å²) in [5.74, 6) is -2.55. The summed E-state index contributed by atoms with van der Waals surface area (Å²) in [5, 5.41) is 10.8. The maximum atomic E-state index is 12.7. The summed E-state index contributed by atoms with van der Waals surface area (Å²) in [5.41, 5.74) is 7.54. The molecule has 0 saturated heterocycles. The van der Waals surface area contributed by atoms with Gasteiger partial charge in [0, 0.05) is 17.1 Å². The highest BCUT2D eigenvalue weighted by molar-refractivity contribution is 5.99. The fourth-order valence-electron chi connectivity index (χ4n) is 2.97. The number of unbranched alkanes of at least 4 members (excludes halogenated alkanes) is 1. The van der Waals surface area contributed by atoms with E-state index < -0.39 is 41.5 Å². The van der Waals surface area contributed by atoms with Crippen LogP contribution in [0.4, 0.5) is 10.5 Å². The topological polar surface area (TPSA) is 198 Å². The number of hydrogen-bond donors (Lipinski definition) is 3. The van der Waals surface area contributed by atoms with Crippen LogP contribution in [0.3, 0.4) is 0 Å². The van der Waals surface area contributed by atoms with E-state index in [1.807, 2.05) is 0 Å². The Morgan fingerprint density at radius 3 is 2.11 bits per heavy atom. The molecule has 14 heteroatoms. The van der Waals surface area contributed by atoms with Gasteiger partial charge in [-0.2, -0.15) is 0 Å². The van der Waals surface area contributed by atoms with Gasteiger partial charge in [0.1, 0.15) is 18.2 Å². The summed E-state index contributed by atoms with van der Waals surface area (Å²) in [4.78, 5) is 63.3. The van der Waals surface area contributed by atoms with E-state index in [4.69, 9.17) is 10.3 Å². The minimum atomic E-state index is -1.03. The van der Waals surface area contributed by atoms with E-state index in [-0.39, 0.29) is 36.3 Å². The monoisotopic (exact) mass is 520 g/mol. The Labute approximate surface area is 214 Å². The number of nitrogens with zero attached hydrogens (tertiary/aromatic N) is 3. The first kappa shape index (κ1) is 30.7. The van der Waals surface area contributed by atoms with Crippen molar-refractivity contribution in [1.29, 1.82) is 0 Å². The van der Waals surface area contributed by atoms with Crippen molar-refractivity contribution in [3.63, 3.8) is 0 Å². The van der Waals surface area contributed by atoms with E-state index in [0.29, 0.717) is 12.8 Å². The van der Waals surface area contributed by atoms with Crippen molar-refractivity contribution >= 4 is 35.5 Å². The normalized spacial score (nSPS) is 11.3. The standard InChI is InChI=1S/C23H32N6O8/c1-23(2,3)37-21(33)17(8-6-7-9-25-18(30)13-26-29-24)28-22(34)27-16-11-14(19(31)35-4)10-15(12-16)20(32)36-5/h10-12,17H,6-9,13H2,1-5H3,(H,25,30)(H2,27,28,34)/t17-/m0/s1. The van der Waals surface area contributed by atoms with Crippen molar-refractivity contribution < 1.29 is 38.2 Å². The van der Waals surface area contributed by atoms with E-state index in [9.17, 15) is 24.0 Å². The highest BCUT2D eigenvalue weighted by atomic mass is 16.6. The van der Waals surface area contributed by atoms with E-state index in [2.05, 4.69) is 35.5 Å². The maximum Gasteiger partial charge on any atom is 0.337 e. The predicted octanol–water partition coefficient (Wildman–Crippen LogP) is 2.69. The number of hydrogen-bond acceptors (Lipinski definition) is 9. The first-order valence-corrected chi connectivity index (χ1v) is 11.3. The molecular weight excluding hydrogens is 488 g/mol. The number of rotatable bonds is 12. The zero-order valence-corrected chi connectivity index (χ0v) is 21.5. The second kappa shape index (κ2) is 14.9. The van der Waals surface area contributed by atoms with Crippen molar-refractivity contribution in [2.75, 3.05) is 32.6 Å². The zero-order chi connectivity index (χ0) is 28.0. The third-order valence-electron chi connectivity index (χ3n) is 4.55. The number of anilines is 1. The fourth-order valence-corrected chi connectivity index (χ4v) is 2.97. The van der Waals surface area contributed by atoms with Crippen LogP contribution in [0.2, 0.25) is 0 Å². The van der Waals surface area contributed by atoms with Gasteiger partial charge in [-0.15, -0.1) is 0 Å². The second-order valence-corrected chi connectivity index (χ2v) is 8.70. The fraction of sp³-hybridized carbons (Fsp3) is 0.522. The number of methoxy groups -OCH3 is 2. The molecule has 1 aromatic carbocycles. The molecule has 1 atom stereocenters. The third-order valence-corrected chi connectivity index (χ3v) is 4.55. The minimum Gasteiger partial charge on any atom is -0.465 e. The Kier molecular flexibility index (Phi) is 12.4. The molecule has 0 aliphatic rings. The average Bonchev–Trinajstić information content (AvgIpc) is 2.84. The molecule has 0 spiro atoms. The van der Waals surface area contributed by atoms with Gasteiger partial charge >= 0.3 is 23.9 Å². The number of carbonyl (C=O) groups excluding carboxylic acids is 5. The van der Waals surface area contributed by atoms with Gasteiger partial charge in [0.25, 0.3) is 0 Å². The molecule has 0 heterocycles. The number of carbonyl (C=O) groups is 5. The van der Waals surface area contributed by atoms with Crippen molar-refractivity contribution in [1.82, 2.24) is 10.6 Å².